The van der Waals surface area contributed by atoms with Crippen molar-refractivity contribution in [3.63, 3.8) is 0 Å². The van der Waals surface area contributed by atoms with Gasteiger partial charge in [-0.25, -0.2) is 0 Å². The number of carbonyl (C=O) groups excluding carboxylic acids is 1. The van der Waals surface area contributed by atoms with E-state index in [1.807, 2.05) is 0 Å². The van der Waals surface area contributed by atoms with Crippen molar-refractivity contribution < 1.29 is 14.3 Å². The van der Waals surface area contributed by atoms with Gasteiger partial charge in [-0.2, -0.15) is 0 Å². The lowest BCUT2D eigenvalue weighted by Crippen LogP contribution is -2.28. The first-order chi connectivity index (χ1) is 10.9. The fourth-order valence-electron chi connectivity index (χ4n) is 2.11. The predicted octanol–water partition coefficient (Wildman–Crippen LogP) is 2.58. The van der Waals surface area contributed by atoms with Crippen molar-refractivity contribution in [2.24, 2.45) is 0 Å². The second kappa shape index (κ2) is 7.32. The van der Waals surface area contributed by atoms with E-state index in [2.05, 4.69) is 21.2 Å². The molecular weight excluding hydrogens is 364 g/mol. The molecule has 2 aromatic rings. The summed E-state index contributed by atoms with van der Waals surface area (Å²) in [6, 6.07) is 6.80. The van der Waals surface area contributed by atoms with Crippen molar-refractivity contribution >= 4 is 27.5 Å². The molecule has 0 aliphatic rings. The van der Waals surface area contributed by atoms with Crippen molar-refractivity contribution in [1.29, 1.82) is 0 Å². The van der Waals surface area contributed by atoms with Gasteiger partial charge in [0.15, 0.2) is 0 Å². The van der Waals surface area contributed by atoms with Crippen LogP contribution in [0.15, 0.2) is 39.7 Å². The number of nitrogens with one attached hydrogen (secondary N) is 1. The first-order valence-corrected chi connectivity index (χ1v) is 7.62. The number of aryl methyl sites for hydroxylation is 1. The largest absolute Gasteiger partial charge is 0.497 e. The van der Waals surface area contributed by atoms with E-state index >= 15 is 0 Å². The number of benzene rings is 1. The quantitative estimate of drug-likeness (QED) is 0.865. The molecule has 1 N–H and O–H groups in total. The van der Waals surface area contributed by atoms with E-state index in [9.17, 15) is 9.59 Å². The Bertz CT molecular complexity index is 786. The van der Waals surface area contributed by atoms with Crippen LogP contribution in [0.1, 0.15) is 5.56 Å². The van der Waals surface area contributed by atoms with Crippen LogP contribution in [-0.2, 0) is 11.3 Å². The van der Waals surface area contributed by atoms with E-state index in [-0.39, 0.29) is 18.0 Å². The fourth-order valence-corrected chi connectivity index (χ4v) is 2.70. The van der Waals surface area contributed by atoms with Crippen LogP contribution in [0.25, 0.3) is 0 Å². The van der Waals surface area contributed by atoms with Crippen LogP contribution in [0, 0.1) is 6.92 Å². The maximum absolute atomic E-state index is 12.2. The lowest BCUT2D eigenvalue weighted by atomic mass is 10.2. The van der Waals surface area contributed by atoms with Crippen molar-refractivity contribution in [3.8, 4) is 11.5 Å². The number of ether oxygens (including phenoxy) is 2. The summed E-state index contributed by atoms with van der Waals surface area (Å²) in [6.07, 6.45) is 1.58. The molecule has 0 unspecified atom stereocenters. The zero-order valence-corrected chi connectivity index (χ0v) is 14.6. The Morgan fingerprint density at radius 3 is 2.65 bits per heavy atom. The number of halogens is 1. The minimum atomic E-state index is -0.337. The summed E-state index contributed by atoms with van der Waals surface area (Å²) in [5.41, 5.74) is 0.837. The number of pyridine rings is 1. The molecule has 122 valence electrons. The minimum absolute atomic E-state index is 0.0977. The molecule has 0 spiro atoms. The zero-order valence-electron chi connectivity index (χ0n) is 13.1. The van der Waals surface area contributed by atoms with E-state index in [4.69, 9.17) is 9.47 Å². The van der Waals surface area contributed by atoms with Crippen LogP contribution in [0.5, 0.6) is 11.5 Å². The SMILES string of the molecule is COc1ccc(OC)c(NC(=O)Cn2cc(Br)cc(C)c2=O)c1. The number of methoxy groups -OCH3 is 2. The highest BCUT2D eigenvalue weighted by Crippen LogP contribution is 2.28. The summed E-state index contributed by atoms with van der Waals surface area (Å²) in [5.74, 6) is 0.768. The summed E-state index contributed by atoms with van der Waals surface area (Å²) < 4.78 is 12.4. The van der Waals surface area contributed by atoms with Crippen molar-refractivity contribution in [2.75, 3.05) is 19.5 Å². The summed E-state index contributed by atoms with van der Waals surface area (Å²) in [4.78, 5) is 24.3. The van der Waals surface area contributed by atoms with Crippen molar-refractivity contribution in [3.05, 3.63) is 50.9 Å². The van der Waals surface area contributed by atoms with Gasteiger partial charge in [0.05, 0.1) is 19.9 Å². The fraction of sp³-hybridized carbons (Fsp3) is 0.250. The molecule has 0 bridgehead atoms. The molecule has 0 saturated heterocycles. The van der Waals surface area contributed by atoms with Gasteiger partial charge in [0, 0.05) is 22.3 Å². The molecule has 0 atom stereocenters. The Kier molecular flexibility index (Phi) is 5.44. The van der Waals surface area contributed by atoms with Crippen LogP contribution in [0.2, 0.25) is 0 Å². The molecule has 2 rings (SSSR count). The molecule has 23 heavy (non-hydrogen) atoms. The molecule has 1 aromatic heterocycles. The zero-order chi connectivity index (χ0) is 17.0. The van der Waals surface area contributed by atoms with Crippen LogP contribution >= 0.6 is 15.9 Å². The third-order valence-electron chi connectivity index (χ3n) is 3.23. The standard InChI is InChI=1S/C16H17BrN2O4/c1-10-6-11(17)8-19(16(10)21)9-15(20)18-13-7-12(22-2)4-5-14(13)23-3/h4-8H,9H2,1-3H3,(H,18,20). The van der Waals surface area contributed by atoms with Crippen molar-refractivity contribution in [2.45, 2.75) is 13.5 Å². The van der Waals surface area contributed by atoms with Crippen LogP contribution in [-0.4, -0.2) is 24.7 Å². The number of hydrogen-bond donors (Lipinski definition) is 1. The van der Waals surface area contributed by atoms with Gasteiger partial charge in [-0.15, -0.1) is 0 Å². The van der Waals surface area contributed by atoms with E-state index in [1.165, 1.54) is 18.8 Å². The molecule has 0 saturated carbocycles. The number of aromatic nitrogens is 1. The van der Waals surface area contributed by atoms with Gasteiger partial charge in [-0.05, 0) is 41.1 Å². The lowest BCUT2D eigenvalue weighted by molar-refractivity contribution is -0.116. The molecule has 7 heteroatoms. The van der Waals surface area contributed by atoms with E-state index in [0.29, 0.717) is 22.7 Å². The van der Waals surface area contributed by atoms with Crippen molar-refractivity contribution in [1.82, 2.24) is 4.57 Å². The average molecular weight is 381 g/mol. The Morgan fingerprint density at radius 2 is 2.00 bits per heavy atom. The highest BCUT2D eigenvalue weighted by Gasteiger charge is 2.11. The maximum atomic E-state index is 12.2. The lowest BCUT2D eigenvalue weighted by Gasteiger charge is -2.13. The molecule has 0 aliphatic heterocycles. The maximum Gasteiger partial charge on any atom is 0.253 e. The van der Waals surface area contributed by atoms with Gasteiger partial charge in [0.2, 0.25) is 5.91 Å². The Labute approximate surface area is 142 Å². The third-order valence-corrected chi connectivity index (χ3v) is 3.66. The molecule has 0 aliphatic carbocycles. The summed E-state index contributed by atoms with van der Waals surface area (Å²) in [6.45, 7) is 1.60. The van der Waals surface area contributed by atoms with Gasteiger partial charge in [-0.3, -0.25) is 9.59 Å². The van der Waals surface area contributed by atoms with Gasteiger partial charge >= 0.3 is 0 Å². The molecule has 1 aromatic carbocycles. The third kappa shape index (κ3) is 4.13. The molecule has 0 radical (unpaired) electrons. The number of hydrogen-bond acceptors (Lipinski definition) is 4. The first-order valence-electron chi connectivity index (χ1n) is 6.83. The normalized spacial score (nSPS) is 10.3. The van der Waals surface area contributed by atoms with Gasteiger partial charge in [0.1, 0.15) is 18.0 Å². The van der Waals surface area contributed by atoms with E-state index in [1.54, 1.807) is 37.4 Å². The molecular formula is C16H17BrN2O4. The minimum Gasteiger partial charge on any atom is -0.497 e. The molecule has 6 nitrogen and oxygen atoms in total. The monoisotopic (exact) mass is 380 g/mol. The van der Waals surface area contributed by atoms with Gasteiger partial charge in [0.25, 0.3) is 5.56 Å². The number of nitrogens with zero attached hydrogens (tertiary/aromatic N) is 1. The smallest absolute Gasteiger partial charge is 0.253 e. The molecule has 1 amide bonds. The first kappa shape index (κ1) is 17.1. The number of rotatable bonds is 5. The van der Waals surface area contributed by atoms with Crippen LogP contribution < -0.4 is 20.3 Å². The predicted molar refractivity (Wildman–Crippen MR) is 91.3 cm³/mol. The highest BCUT2D eigenvalue weighted by atomic mass is 79.9. The van der Waals surface area contributed by atoms with Crippen LogP contribution in [0.3, 0.4) is 0 Å². The Balaban J connectivity index is 2.22. The summed E-state index contributed by atoms with van der Waals surface area (Å²) in [7, 11) is 3.05. The number of anilines is 1. The Morgan fingerprint density at radius 1 is 1.26 bits per heavy atom. The average Bonchev–Trinajstić information content (AvgIpc) is 2.51. The number of carbonyl (C=O) groups is 1. The van der Waals surface area contributed by atoms with Gasteiger partial charge < -0.3 is 19.4 Å². The number of amides is 1. The Hall–Kier alpha value is -2.28. The molecule has 0 fully saturated rings. The second-order valence-corrected chi connectivity index (χ2v) is 5.80. The summed E-state index contributed by atoms with van der Waals surface area (Å²) in [5, 5.41) is 2.73. The highest BCUT2D eigenvalue weighted by molar-refractivity contribution is 9.10. The topological polar surface area (TPSA) is 69.6 Å². The van der Waals surface area contributed by atoms with Crippen LogP contribution in [0.4, 0.5) is 5.69 Å². The molecule has 1 heterocycles. The van der Waals surface area contributed by atoms with E-state index < -0.39 is 0 Å². The summed E-state index contributed by atoms with van der Waals surface area (Å²) >= 11 is 3.32. The van der Waals surface area contributed by atoms with Gasteiger partial charge in [-0.1, -0.05) is 0 Å². The van der Waals surface area contributed by atoms with E-state index in [0.717, 1.165) is 4.47 Å². The second-order valence-electron chi connectivity index (χ2n) is 4.89.